The number of urea groups is 1. The minimum atomic E-state index is -0.505. The van der Waals surface area contributed by atoms with Gasteiger partial charge in [-0.2, -0.15) is 5.10 Å². The first-order valence-corrected chi connectivity index (χ1v) is 6.84. The lowest BCUT2D eigenvalue weighted by atomic mass is 9.73. The van der Waals surface area contributed by atoms with Gasteiger partial charge in [0.05, 0.1) is 11.9 Å². The van der Waals surface area contributed by atoms with E-state index in [0.29, 0.717) is 11.6 Å². The molecule has 6 heteroatoms. The summed E-state index contributed by atoms with van der Waals surface area (Å²) in [6.07, 6.45) is 6.06. The third-order valence-electron chi connectivity index (χ3n) is 4.56. The van der Waals surface area contributed by atoms with Crippen molar-refractivity contribution < 1.29 is 9.59 Å². The number of nitrogens with zero attached hydrogens (tertiary/aromatic N) is 4. The molecule has 1 aromatic heterocycles. The zero-order valence-electron chi connectivity index (χ0n) is 10.9. The van der Waals surface area contributed by atoms with Crippen LogP contribution < -0.4 is 4.90 Å². The minimum absolute atomic E-state index is 0.0534. The Kier molecular flexibility index (Phi) is 1.96. The summed E-state index contributed by atoms with van der Waals surface area (Å²) < 4.78 is 1.78. The molecular weight excluding hydrogens is 244 g/mol. The van der Waals surface area contributed by atoms with Crippen LogP contribution in [0.2, 0.25) is 0 Å². The second kappa shape index (κ2) is 3.37. The van der Waals surface area contributed by atoms with Gasteiger partial charge in [0.2, 0.25) is 0 Å². The first-order chi connectivity index (χ1) is 9.15. The molecule has 0 unspecified atom stereocenters. The summed E-state index contributed by atoms with van der Waals surface area (Å²) in [7, 11) is 0. The number of aromatic nitrogens is 2. The Hall–Kier alpha value is -1.85. The number of aryl methyl sites for hydroxylation is 1. The largest absolute Gasteiger partial charge is 0.332 e. The Morgan fingerprint density at radius 3 is 2.89 bits per heavy atom. The number of hydrogen-bond acceptors (Lipinski definition) is 3. The summed E-state index contributed by atoms with van der Waals surface area (Å²) in [4.78, 5) is 28.0. The van der Waals surface area contributed by atoms with E-state index in [1.54, 1.807) is 22.0 Å². The Balaban J connectivity index is 1.68. The molecule has 1 spiro atoms. The molecule has 4 aliphatic rings. The maximum absolute atomic E-state index is 12.6. The van der Waals surface area contributed by atoms with E-state index in [-0.39, 0.29) is 11.9 Å². The molecular formula is C13H16N4O2. The highest BCUT2D eigenvalue weighted by Crippen LogP contribution is 2.55. The quantitative estimate of drug-likeness (QED) is 0.768. The predicted octanol–water partition coefficient (Wildman–Crippen LogP) is 1.22. The molecule has 3 amide bonds. The minimum Gasteiger partial charge on any atom is -0.309 e. The standard InChI is InChI=1S/C13H16N4O2/c1-2-3-15-8-10(6-14-15)17-11(18)13-4-9(5-13)7-16(13)12(17)19/h6,8-9H,2-5,7H2,1H3. The first kappa shape index (κ1) is 11.0. The van der Waals surface area contributed by atoms with Crippen molar-refractivity contribution in [3.8, 4) is 0 Å². The Labute approximate surface area is 111 Å². The maximum Gasteiger partial charge on any atom is 0.332 e. The molecule has 0 atom stereocenters. The van der Waals surface area contributed by atoms with Gasteiger partial charge in [-0.3, -0.25) is 9.48 Å². The number of rotatable bonds is 3. The van der Waals surface area contributed by atoms with Crippen LogP contribution in [0.3, 0.4) is 0 Å². The van der Waals surface area contributed by atoms with E-state index < -0.39 is 5.54 Å². The number of carbonyl (C=O) groups excluding carboxylic acids is 2. The van der Waals surface area contributed by atoms with Crippen LogP contribution in [0.25, 0.3) is 0 Å². The fourth-order valence-electron chi connectivity index (χ4n) is 3.69. The average Bonchev–Trinajstić information content (AvgIpc) is 3.02. The smallest absolute Gasteiger partial charge is 0.309 e. The van der Waals surface area contributed by atoms with Crippen LogP contribution >= 0.6 is 0 Å². The van der Waals surface area contributed by atoms with Gasteiger partial charge >= 0.3 is 6.03 Å². The van der Waals surface area contributed by atoms with Crippen LogP contribution in [-0.4, -0.2) is 38.7 Å². The van der Waals surface area contributed by atoms with E-state index in [9.17, 15) is 9.59 Å². The molecule has 2 bridgehead atoms. The predicted molar refractivity (Wildman–Crippen MR) is 67.6 cm³/mol. The van der Waals surface area contributed by atoms with Crippen LogP contribution in [0.4, 0.5) is 10.5 Å². The van der Waals surface area contributed by atoms with Gasteiger partial charge < -0.3 is 4.90 Å². The SMILES string of the molecule is CCCn1cc(N2C(=O)N3CC4CC3(C4)C2=O)cn1. The lowest BCUT2D eigenvalue weighted by Gasteiger charge is -2.34. The molecule has 3 saturated heterocycles. The highest BCUT2D eigenvalue weighted by Gasteiger charge is 2.69. The van der Waals surface area contributed by atoms with Gasteiger partial charge in [0.15, 0.2) is 0 Å². The molecule has 1 aromatic rings. The lowest BCUT2D eigenvalue weighted by Crippen LogP contribution is -2.49. The Bertz CT molecular complexity index is 570. The molecule has 100 valence electrons. The van der Waals surface area contributed by atoms with Gasteiger partial charge in [0.1, 0.15) is 5.54 Å². The van der Waals surface area contributed by atoms with Crippen LogP contribution in [-0.2, 0) is 11.3 Å². The highest BCUT2D eigenvalue weighted by molar-refractivity contribution is 6.24. The molecule has 0 radical (unpaired) electrons. The number of hydrogen-bond donors (Lipinski definition) is 0. The molecule has 5 rings (SSSR count). The van der Waals surface area contributed by atoms with E-state index in [4.69, 9.17) is 0 Å². The number of anilines is 1. The van der Waals surface area contributed by atoms with Crippen molar-refractivity contribution in [2.45, 2.75) is 38.3 Å². The summed E-state index contributed by atoms with van der Waals surface area (Å²) in [5, 5.41) is 4.20. The maximum atomic E-state index is 12.6. The molecule has 1 saturated carbocycles. The Morgan fingerprint density at radius 2 is 2.21 bits per heavy atom. The molecule has 4 heterocycles. The van der Waals surface area contributed by atoms with E-state index >= 15 is 0 Å². The first-order valence-electron chi connectivity index (χ1n) is 6.84. The molecule has 0 N–H and O–H groups in total. The molecule has 19 heavy (non-hydrogen) atoms. The average molecular weight is 260 g/mol. The van der Waals surface area contributed by atoms with Crippen molar-refractivity contribution in [2.24, 2.45) is 5.92 Å². The highest BCUT2D eigenvalue weighted by atomic mass is 16.2. The number of amides is 3. The van der Waals surface area contributed by atoms with Gasteiger partial charge in [-0.25, -0.2) is 9.69 Å². The summed E-state index contributed by atoms with van der Waals surface area (Å²) in [6, 6.07) is -0.166. The zero-order valence-corrected chi connectivity index (χ0v) is 10.9. The molecule has 3 aliphatic heterocycles. The lowest BCUT2D eigenvalue weighted by molar-refractivity contribution is -0.126. The third kappa shape index (κ3) is 1.19. The number of imide groups is 1. The molecule has 1 aliphatic carbocycles. The van der Waals surface area contributed by atoms with Crippen molar-refractivity contribution in [1.29, 1.82) is 0 Å². The van der Waals surface area contributed by atoms with Crippen LogP contribution in [0, 0.1) is 5.92 Å². The van der Waals surface area contributed by atoms with Crippen molar-refractivity contribution >= 4 is 17.6 Å². The second-order valence-electron chi connectivity index (χ2n) is 5.80. The van der Waals surface area contributed by atoms with Gasteiger partial charge in [-0.15, -0.1) is 0 Å². The van der Waals surface area contributed by atoms with Gasteiger partial charge in [-0.05, 0) is 25.2 Å². The number of carbonyl (C=O) groups is 2. The van der Waals surface area contributed by atoms with Crippen molar-refractivity contribution in [1.82, 2.24) is 14.7 Å². The fraction of sp³-hybridized carbons (Fsp3) is 0.615. The van der Waals surface area contributed by atoms with E-state index in [1.807, 2.05) is 0 Å². The van der Waals surface area contributed by atoms with E-state index in [1.165, 1.54) is 4.90 Å². The van der Waals surface area contributed by atoms with Gasteiger partial charge in [0, 0.05) is 19.3 Å². The van der Waals surface area contributed by atoms with Crippen LogP contribution in [0.1, 0.15) is 26.2 Å². The summed E-state index contributed by atoms with van der Waals surface area (Å²) in [6.45, 7) is 3.61. The second-order valence-corrected chi connectivity index (χ2v) is 5.80. The van der Waals surface area contributed by atoms with Gasteiger partial charge in [0.25, 0.3) is 5.91 Å². The van der Waals surface area contributed by atoms with Crippen LogP contribution in [0.15, 0.2) is 12.4 Å². The van der Waals surface area contributed by atoms with Crippen molar-refractivity contribution in [3.05, 3.63) is 12.4 Å². The normalized spacial score (nSPS) is 31.9. The topological polar surface area (TPSA) is 58.4 Å². The molecule has 4 fully saturated rings. The van der Waals surface area contributed by atoms with Crippen molar-refractivity contribution in [3.63, 3.8) is 0 Å². The van der Waals surface area contributed by atoms with E-state index in [2.05, 4.69) is 12.0 Å². The van der Waals surface area contributed by atoms with E-state index in [0.717, 1.165) is 32.4 Å². The fourth-order valence-corrected chi connectivity index (χ4v) is 3.69. The Morgan fingerprint density at radius 1 is 1.42 bits per heavy atom. The summed E-state index contributed by atoms with van der Waals surface area (Å²) in [5.41, 5.74) is 0.102. The zero-order chi connectivity index (χ0) is 13.2. The monoisotopic (exact) mass is 260 g/mol. The summed E-state index contributed by atoms with van der Waals surface area (Å²) in [5.74, 6) is 0.486. The van der Waals surface area contributed by atoms with Gasteiger partial charge in [-0.1, -0.05) is 6.92 Å². The molecule has 0 aromatic carbocycles. The third-order valence-corrected chi connectivity index (χ3v) is 4.56. The van der Waals surface area contributed by atoms with Crippen LogP contribution in [0.5, 0.6) is 0 Å². The van der Waals surface area contributed by atoms with Crippen molar-refractivity contribution in [2.75, 3.05) is 11.4 Å². The summed E-state index contributed by atoms with van der Waals surface area (Å²) >= 11 is 0. The molecule has 6 nitrogen and oxygen atoms in total.